The first-order valence-corrected chi connectivity index (χ1v) is 8.00. The van der Waals surface area contributed by atoms with Crippen LogP contribution in [0.25, 0.3) is 0 Å². The zero-order valence-electron chi connectivity index (χ0n) is 12.8. The Morgan fingerprint density at radius 3 is 2.61 bits per heavy atom. The molecule has 0 radical (unpaired) electrons. The molecule has 0 aliphatic carbocycles. The molecule has 0 aliphatic heterocycles. The Labute approximate surface area is 138 Å². The maximum absolute atomic E-state index is 12.1. The van der Waals surface area contributed by atoms with E-state index in [0.29, 0.717) is 23.5 Å². The quantitative estimate of drug-likeness (QED) is 0.724. The van der Waals surface area contributed by atoms with Crippen LogP contribution in [0.15, 0.2) is 35.7 Å². The predicted octanol–water partition coefficient (Wildman–Crippen LogP) is 2.23. The Morgan fingerprint density at radius 2 is 1.96 bits per heavy atom. The molecule has 0 spiro atoms. The third kappa shape index (κ3) is 5.08. The van der Waals surface area contributed by atoms with Crippen molar-refractivity contribution >= 4 is 34.5 Å². The number of thiophene rings is 1. The van der Waals surface area contributed by atoms with Gasteiger partial charge in [-0.1, -0.05) is 6.07 Å². The molecule has 2 aromatic rings. The van der Waals surface area contributed by atoms with Gasteiger partial charge < -0.3 is 21.1 Å². The maximum Gasteiger partial charge on any atom is 0.229 e. The second-order valence-corrected chi connectivity index (χ2v) is 5.83. The SMILES string of the molecule is COc1ccc(NC(=O)Cc2cccs2)c(NC(=O)CCN)c1. The third-order valence-corrected chi connectivity index (χ3v) is 3.94. The lowest BCUT2D eigenvalue weighted by molar-refractivity contribution is -0.116. The molecule has 1 aromatic heterocycles. The van der Waals surface area contributed by atoms with Crippen LogP contribution >= 0.6 is 11.3 Å². The lowest BCUT2D eigenvalue weighted by Crippen LogP contribution is -2.19. The van der Waals surface area contributed by atoms with Crippen molar-refractivity contribution in [1.29, 1.82) is 0 Å². The van der Waals surface area contributed by atoms with Gasteiger partial charge in [-0.2, -0.15) is 0 Å². The summed E-state index contributed by atoms with van der Waals surface area (Å²) in [5, 5.41) is 7.48. The predicted molar refractivity (Wildman–Crippen MR) is 91.9 cm³/mol. The zero-order valence-corrected chi connectivity index (χ0v) is 13.6. The van der Waals surface area contributed by atoms with Gasteiger partial charge in [0.05, 0.1) is 24.9 Å². The largest absolute Gasteiger partial charge is 0.497 e. The van der Waals surface area contributed by atoms with Gasteiger partial charge in [-0.05, 0) is 23.6 Å². The number of amides is 2. The average molecular weight is 333 g/mol. The number of benzene rings is 1. The summed E-state index contributed by atoms with van der Waals surface area (Å²) in [5.74, 6) is 0.228. The molecule has 0 unspecified atom stereocenters. The van der Waals surface area contributed by atoms with Gasteiger partial charge in [-0.3, -0.25) is 9.59 Å². The Morgan fingerprint density at radius 1 is 1.17 bits per heavy atom. The highest BCUT2D eigenvalue weighted by Crippen LogP contribution is 2.27. The lowest BCUT2D eigenvalue weighted by Gasteiger charge is -2.13. The van der Waals surface area contributed by atoms with Gasteiger partial charge in [-0.25, -0.2) is 0 Å². The number of hydrogen-bond acceptors (Lipinski definition) is 5. The fourth-order valence-corrected chi connectivity index (χ4v) is 2.68. The van der Waals surface area contributed by atoms with Crippen LogP contribution in [0.2, 0.25) is 0 Å². The van der Waals surface area contributed by atoms with E-state index in [2.05, 4.69) is 10.6 Å². The summed E-state index contributed by atoms with van der Waals surface area (Å²) in [7, 11) is 1.54. The highest BCUT2D eigenvalue weighted by molar-refractivity contribution is 7.10. The van der Waals surface area contributed by atoms with Gasteiger partial charge in [-0.15, -0.1) is 11.3 Å². The number of hydrogen-bond donors (Lipinski definition) is 3. The molecule has 6 nitrogen and oxygen atoms in total. The molecular formula is C16H19N3O3S. The first-order chi connectivity index (χ1) is 11.1. The normalized spacial score (nSPS) is 10.2. The van der Waals surface area contributed by atoms with E-state index in [0.717, 1.165) is 4.88 Å². The summed E-state index contributed by atoms with van der Waals surface area (Å²) in [5.41, 5.74) is 6.39. The first kappa shape index (κ1) is 17.0. The first-order valence-electron chi connectivity index (χ1n) is 7.12. The molecule has 0 fully saturated rings. The third-order valence-electron chi connectivity index (χ3n) is 3.06. The van der Waals surface area contributed by atoms with Crippen molar-refractivity contribution in [3.05, 3.63) is 40.6 Å². The van der Waals surface area contributed by atoms with E-state index >= 15 is 0 Å². The Bertz CT molecular complexity index is 671. The highest BCUT2D eigenvalue weighted by Gasteiger charge is 2.11. The van der Waals surface area contributed by atoms with Crippen LogP contribution in [0.3, 0.4) is 0 Å². The second kappa shape index (κ2) is 8.30. The molecule has 7 heteroatoms. The van der Waals surface area contributed by atoms with Crippen LogP contribution < -0.4 is 21.1 Å². The fourth-order valence-electron chi connectivity index (χ4n) is 1.97. The molecular weight excluding hydrogens is 314 g/mol. The van der Waals surface area contributed by atoms with Gasteiger partial charge >= 0.3 is 0 Å². The van der Waals surface area contributed by atoms with Gasteiger partial charge in [0.1, 0.15) is 5.75 Å². The van der Waals surface area contributed by atoms with Crippen LogP contribution in [0.4, 0.5) is 11.4 Å². The van der Waals surface area contributed by atoms with Crippen LogP contribution in [0.5, 0.6) is 5.75 Å². The van der Waals surface area contributed by atoms with E-state index in [1.54, 1.807) is 18.2 Å². The van der Waals surface area contributed by atoms with E-state index < -0.39 is 0 Å². The van der Waals surface area contributed by atoms with Crippen molar-refractivity contribution in [3.63, 3.8) is 0 Å². The molecule has 1 aromatic carbocycles. The molecule has 2 amide bonds. The summed E-state index contributed by atoms with van der Waals surface area (Å²) >= 11 is 1.52. The van der Waals surface area contributed by atoms with Crippen LogP contribution in [0, 0.1) is 0 Å². The van der Waals surface area contributed by atoms with Crippen molar-refractivity contribution in [3.8, 4) is 5.75 Å². The number of rotatable bonds is 7. The van der Waals surface area contributed by atoms with E-state index in [1.807, 2.05) is 17.5 Å². The number of carbonyl (C=O) groups excluding carboxylic acids is 2. The Hall–Kier alpha value is -2.38. The molecule has 4 N–H and O–H groups in total. The van der Waals surface area contributed by atoms with Crippen molar-refractivity contribution in [1.82, 2.24) is 0 Å². The van der Waals surface area contributed by atoms with Gasteiger partial charge in [0.15, 0.2) is 0 Å². The molecule has 0 saturated heterocycles. The molecule has 122 valence electrons. The summed E-state index contributed by atoms with van der Waals surface area (Å²) in [6.07, 6.45) is 0.500. The number of methoxy groups -OCH3 is 1. The Balaban J connectivity index is 2.12. The second-order valence-electron chi connectivity index (χ2n) is 4.80. The van der Waals surface area contributed by atoms with E-state index in [4.69, 9.17) is 10.5 Å². The van der Waals surface area contributed by atoms with E-state index in [9.17, 15) is 9.59 Å². The van der Waals surface area contributed by atoms with E-state index in [1.165, 1.54) is 18.4 Å². The number of nitrogens with two attached hydrogens (primary N) is 1. The molecule has 0 aliphatic rings. The minimum Gasteiger partial charge on any atom is -0.497 e. The monoisotopic (exact) mass is 333 g/mol. The summed E-state index contributed by atoms with van der Waals surface area (Å²) in [6, 6.07) is 8.89. The number of carbonyl (C=O) groups is 2. The number of anilines is 2. The molecule has 1 heterocycles. The summed E-state index contributed by atoms with van der Waals surface area (Å²) in [4.78, 5) is 24.9. The molecule has 23 heavy (non-hydrogen) atoms. The fraction of sp³-hybridized carbons (Fsp3) is 0.250. The maximum atomic E-state index is 12.1. The topological polar surface area (TPSA) is 93.5 Å². The highest BCUT2D eigenvalue weighted by atomic mass is 32.1. The van der Waals surface area contributed by atoms with Gasteiger partial charge in [0, 0.05) is 23.9 Å². The minimum atomic E-state index is -0.213. The standard InChI is InChI=1S/C16H19N3O3S/c1-22-11-4-5-13(14(9-11)19-15(20)6-7-17)18-16(21)10-12-3-2-8-23-12/h2-5,8-9H,6-7,10,17H2,1H3,(H,18,21)(H,19,20). The summed E-state index contributed by atoms with van der Waals surface area (Å²) in [6.45, 7) is 0.260. The van der Waals surface area contributed by atoms with Crippen molar-refractivity contribution in [2.45, 2.75) is 12.8 Å². The van der Waals surface area contributed by atoms with Gasteiger partial charge in [0.2, 0.25) is 11.8 Å². The number of ether oxygens (including phenoxy) is 1. The van der Waals surface area contributed by atoms with Crippen molar-refractivity contribution in [2.24, 2.45) is 5.73 Å². The van der Waals surface area contributed by atoms with Gasteiger partial charge in [0.25, 0.3) is 0 Å². The smallest absolute Gasteiger partial charge is 0.229 e. The molecule has 0 bridgehead atoms. The van der Waals surface area contributed by atoms with Crippen LogP contribution in [-0.2, 0) is 16.0 Å². The minimum absolute atomic E-state index is 0.146. The van der Waals surface area contributed by atoms with Crippen LogP contribution in [-0.4, -0.2) is 25.5 Å². The average Bonchev–Trinajstić information content (AvgIpc) is 3.02. The van der Waals surface area contributed by atoms with Crippen LogP contribution in [0.1, 0.15) is 11.3 Å². The van der Waals surface area contributed by atoms with E-state index in [-0.39, 0.29) is 24.8 Å². The van der Waals surface area contributed by atoms with Crippen molar-refractivity contribution in [2.75, 3.05) is 24.3 Å². The Kier molecular flexibility index (Phi) is 6.13. The zero-order chi connectivity index (χ0) is 16.7. The molecule has 0 atom stereocenters. The number of nitrogens with one attached hydrogen (secondary N) is 2. The lowest BCUT2D eigenvalue weighted by atomic mass is 10.2. The molecule has 2 rings (SSSR count). The summed E-state index contributed by atoms with van der Waals surface area (Å²) < 4.78 is 5.15. The van der Waals surface area contributed by atoms with Crippen molar-refractivity contribution < 1.29 is 14.3 Å². The molecule has 0 saturated carbocycles.